The molecule has 130 valence electrons. The second kappa shape index (κ2) is 6.46. The van der Waals surface area contributed by atoms with Crippen molar-refractivity contribution in [3.63, 3.8) is 0 Å². The number of rotatable bonds is 4. The quantitative estimate of drug-likeness (QED) is 0.667. The molecule has 1 aromatic carbocycles. The maximum Gasteiger partial charge on any atom is 0.471 e. The number of aromatic nitrogens is 4. The number of halogens is 4. The molecule has 0 aliphatic rings. The molecule has 2 heterocycles. The van der Waals surface area contributed by atoms with Crippen molar-refractivity contribution in [2.45, 2.75) is 19.7 Å². The lowest BCUT2D eigenvalue weighted by molar-refractivity contribution is -0.159. The lowest BCUT2D eigenvalue weighted by Crippen LogP contribution is -2.05. The van der Waals surface area contributed by atoms with Gasteiger partial charge in [0.05, 0.1) is 5.56 Å². The maximum atomic E-state index is 14.2. The summed E-state index contributed by atoms with van der Waals surface area (Å²) in [5.74, 6) is -2.46. The molecule has 10 heteroatoms. The first kappa shape index (κ1) is 16.8. The molecule has 0 spiro atoms. The van der Waals surface area contributed by atoms with Gasteiger partial charge in [0.15, 0.2) is 0 Å². The van der Waals surface area contributed by atoms with Crippen molar-refractivity contribution in [3.8, 4) is 17.3 Å². The van der Waals surface area contributed by atoms with Crippen LogP contribution in [0.5, 0.6) is 5.88 Å². The SMILES string of the molecule is Cc1cncnc1OCc1ccc(-c2noc(C(F)(F)F)n2)c(F)c1. The van der Waals surface area contributed by atoms with Crippen LogP contribution in [0.15, 0.2) is 35.2 Å². The fourth-order valence-corrected chi connectivity index (χ4v) is 1.97. The minimum atomic E-state index is -4.79. The minimum Gasteiger partial charge on any atom is -0.473 e. The Hall–Kier alpha value is -3.04. The molecule has 3 aromatic rings. The Morgan fingerprint density at radius 1 is 1.24 bits per heavy atom. The lowest BCUT2D eigenvalue weighted by Gasteiger charge is -2.08. The minimum absolute atomic E-state index is 0.0229. The molecule has 0 amide bonds. The van der Waals surface area contributed by atoms with Crippen molar-refractivity contribution in [3.05, 3.63) is 53.6 Å². The molecule has 3 rings (SSSR count). The number of nitrogens with zero attached hydrogens (tertiary/aromatic N) is 4. The van der Waals surface area contributed by atoms with E-state index in [0.29, 0.717) is 17.0 Å². The van der Waals surface area contributed by atoms with Gasteiger partial charge in [-0.05, 0) is 24.6 Å². The lowest BCUT2D eigenvalue weighted by atomic mass is 10.1. The molecule has 25 heavy (non-hydrogen) atoms. The van der Waals surface area contributed by atoms with E-state index in [1.165, 1.54) is 18.5 Å². The van der Waals surface area contributed by atoms with Crippen LogP contribution in [0.3, 0.4) is 0 Å². The largest absolute Gasteiger partial charge is 0.473 e. The summed E-state index contributed by atoms with van der Waals surface area (Å²) in [4.78, 5) is 10.9. The summed E-state index contributed by atoms with van der Waals surface area (Å²) < 4.78 is 61.1. The second-order valence-electron chi connectivity index (χ2n) is 5.03. The molecule has 6 nitrogen and oxygen atoms in total. The van der Waals surface area contributed by atoms with Crippen LogP contribution >= 0.6 is 0 Å². The Bertz CT molecular complexity index is 895. The molecule has 0 aliphatic carbocycles. The zero-order valence-electron chi connectivity index (χ0n) is 12.7. The average Bonchev–Trinajstić information content (AvgIpc) is 3.04. The molecular formula is C15H10F4N4O2. The number of alkyl halides is 3. The Morgan fingerprint density at radius 3 is 2.68 bits per heavy atom. The van der Waals surface area contributed by atoms with Crippen LogP contribution in [0.2, 0.25) is 0 Å². The van der Waals surface area contributed by atoms with Gasteiger partial charge >= 0.3 is 12.1 Å². The summed E-state index contributed by atoms with van der Waals surface area (Å²) in [6.45, 7) is 1.78. The van der Waals surface area contributed by atoms with Crippen molar-refractivity contribution in [1.29, 1.82) is 0 Å². The van der Waals surface area contributed by atoms with Crippen LogP contribution in [0.25, 0.3) is 11.4 Å². The summed E-state index contributed by atoms with van der Waals surface area (Å²) >= 11 is 0. The Labute approximate surface area is 138 Å². The Balaban J connectivity index is 1.77. The molecule has 0 saturated heterocycles. The van der Waals surface area contributed by atoms with Crippen LogP contribution in [-0.2, 0) is 12.8 Å². The van der Waals surface area contributed by atoms with Crippen LogP contribution in [0, 0.1) is 12.7 Å². The van der Waals surface area contributed by atoms with Crippen molar-refractivity contribution in [1.82, 2.24) is 20.1 Å². The highest BCUT2D eigenvalue weighted by molar-refractivity contribution is 5.55. The van der Waals surface area contributed by atoms with Gasteiger partial charge in [0.25, 0.3) is 0 Å². The molecule has 0 unspecified atom stereocenters. The van der Waals surface area contributed by atoms with Crippen molar-refractivity contribution in [2.24, 2.45) is 0 Å². The van der Waals surface area contributed by atoms with Gasteiger partial charge in [0.2, 0.25) is 11.7 Å². The first-order valence-electron chi connectivity index (χ1n) is 6.93. The van der Waals surface area contributed by atoms with Crippen molar-refractivity contribution < 1.29 is 26.8 Å². The van der Waals surface area contributed by atoms with Gasteiger partial charge in [-0.3, -0.25) is 0 Å². The fraction of sp³-hybridized carbons (Fsp3) is 0.200. The third kappa shape index (κ3) is 3.73. The number of benzene rings is 1. The van der Waals surface area contributed by atoms with E-state index in [2.05, 4.69) is 24.6 Å². The molecule has 0 bridgehead atoms. The van der Waals surface area contributed by atoms with Crippen LogP contribution in [0.4, 0.5) is 17.6 Å². The van der Waals surface area contributed by atoms with E-state index in [-0.39, 0.29) is 12.2 Å². The zero-order chi connectivity index (χ0) is 18.0. The molecule has 0 fully saturated rings. The third-order valence-corrected chi connectivity index (χ3v) is 3.17. The normalized spacial score (nSPS) is 11.6. The molecule has 0 saturated carbocycles. The Morgan fingerprint density at radius 2 is 2.04 bits per heavy atom. The van der Waals surface area contributed by atoms with Gasteiger partial charge in [-0.15, -0.1) is 0 Å². The Kier molecular flexibility index (Phi) is 4.34. The average molecular weight is 354 g/mol. The van der Waals surface area contributed by atoms with Crippen molar-refractivity contribution in [2.75, 3.05) is 0 Å². The smallest absolute Gasteiger partial charge is 0.471 e. The number of hydrogen-bond donors (Lipinski definition) is 0. The van der Waals surface area contributed by atoms with E-state index in [1.807, 2.05) is 0 Å². The van der Waals surface area contributed by atoms with Gasteiger partial charge in [-0.1, -0.05) is 11.2 Å². The monoisotopic (exact) mass is 354 g/mol. The van der Waals surface area contributed by atoms with E-state index < -0.39 is 23.7 Å². The highest BCUT2D eigenvalue weighted by atomic mass is 19.4. The molecule has 0 radical (unpaired) electrons. The highest BCUT2D eigenvalue weighted by Gasteiger charge is 2.38. The summed E-state index contributed by atoms with van der Waals surface area (Å²) in [5.41, 5.74) is 0.964. The van der Waals surface area contributed by atoms with E-state index in [9.17, 15) is 17.6 Å². The molecular weight excluding hydrogens is 344 g/mol. The molecule has 2 aromatic heterocycles. The summed E-state index contributed by atoms with van der Waals surface area (Å²) in [5, 5.41) is 3.15. The first-order chi connectivity index (χ1) is 11.8. The molecule has 0 aliphatic heterocycles. The van der Waals surface area contributed by atoms with Crippen LogP contribution < -0.4 is 4.74 Å². The molecule has 0 N–H and O–H groups in total. The zero-order valence-corrected chi connectivity index (χ0v) is 12.7. The molecule has 0 atom stereocenters. The highest BCUT2D eigenvalue weighted by Crippen LogP contribution is 2.30. The third-order valence-electron chi connectivity index (χ3n) is 3.17. The van der Waals surface area contributed by atoms with Gasteiger partial charge in [0.1, 0.15) is 18.8 Å². The number of hydrogen-bond acceptors (Lipinski definition) is 6. The number of aryl methyl sites for hydroxylation is 1. The second-order valence-corrected chi connectivity index (χ2v) is 5.03. The van der Waals surface area contributed by atoms with Crippen LogP contribution in [-0.4, -0.2) is 20.1 Å². The van der Waals surface area contributed by atoms with Crippen molar-refractivity contribution >= 4 is 0 Å². The predicted molar refractivity (Wildman–Crippen MR) is 75.8 cm³/mol. The summed E-state index contributed by atoms with van der Waals surface area (Å²) in [6, 6.07) is 3.86. The maximum absolute atomic E-state index is 14.2. The van der Waals surface area contributed by atoms with Gasteiger partial charge in [-0.2, -0.15) is 18.2 Å². The summed E-state index contributed by atoms with van der Waals surface area (Å²) in [7, 11) is 0. The predicted octanol–water partition coefficient (Wildman–Crippen LogP) is 3.57. The van der Waals surface area contributed by atoms with E-state index in [4.69, 9.17) is 4.74 Å². The van der Waals surface area contributed by atoms with E-state index >= 15 is 0 Å². The van der Waals surface area contributed by atoms with Gasteiger partial charge in [0, 0.05) is 11.8 Å². The van der Waals surface area contributed by atoms with Gasteiger partial charge < -0.3 is 9.26 Å². The first-order valence-corrected chi connectivity index (χ1v) is 6.93. The standard InChI is InChI=1S/C15H10F4N4O2/c1-8-5-20-7-21-13(8)24-6-9-2-3-10(11(16)4-9)12-22-14(25-23-12)15(17,18)19/h2-5,7H,6H2,1H3. The topological polar surface area (TPSA) is 73.9 Å². The fourth-order valence-electron chi connectivity index (χ4n) is 1.97. The van der Waals surface area contributed by atoms with E-state index in [1.54, 1.807) is 13.1 Å². The van der Waals surface area contributed by atoms with E-state index in [0.717, 1.165) is 6.07 Å². The summed E-state index contributed by atoms with van der Waals surface area (Å²) in [6.07, 6.45) is -1.90. The number of ether oxygens (including phenoxy) is 1. The van der Waals surface area contributed by atoms with Crippen LogP contribution in [0.1, 0.15) is 17.0 Å². The van der Waals surface area contributed by atoms with Gasteiger partial charge in [-0.25, -0.2) is 14.4 Å².